The second-order valence-electron chi connectivity index (χ2n) is 6.47. The maximum absolute atomic E-state index is 12.5. The molecule has 0 saturated heterocycles. The predicted molar refractivity (Wildman–Crippen MR) is 97.4 cm³/mol. The van der Waals surface area contributed by atoms with Crippen LogP contribution in [0.15, 0.2) is 42.5 Å². The number of alkyl halides is 2. The smallest absolute Gasteiger partial charge is 0.387 e. The molecule has 0 spiro atoms. The lowest BCUT2D eigenvalue weighted by atomic mass is 9.71. The van der Waals surface area contributed by atoms with Crippen LogP contribution in [0, 0.1) is 5.92 Å². The van der Waals surface area contributed by atoms with Crippen LogP contribution < -0.4 is 4.74 Å². The van der Waals surface area contributed by atoms with Crippen LogP contribution in [-0.2, 0) is 16.6 Å². The highest BCUT2D eigenvalue weighted by atomic mass is 35.5. The fraction of sp³-hybridized carbons (Fsp3) is 0.316. The number of ether oxygens (including phenoxy) is 1. The van der Waals surface area contributed by atoms with Gasteiger partial charge in [-0.2, -0.15) is 8.78 Å². The number of halogens is 4. The summed E-state index contributed by atoms with van der Waals surface area (Å²) in [6.07, 6.45) is 0.127. The van der Waals surface area contributed by atoms with E-state index in [0.29, 0.717) is 10.6 Å². The van der Waals surface area contributed by atoms with Gasteiger partial charge in [0, 0.05) is 10.4 Å². The van der Waals surface area contributed by atoms with Crippen molar-refractivity contribution in [3.63, 3.8) is 0 Å². The average molecular weight is 403 g/mol. The van der Waals surface area contributed by atoms with E-state index in [9.17, 15) is 18.7 Å². The van der Waals surface area contributed by atoms with Gasteiger partial charge in [-0.1, -0.05) is 55.2 Å². The quantitative estimate of drug-likeness (QED) is 0.634. The van der Waals surface area contributed by atoms with Crippen LogP contribution in [0.4, 0.5) is 8.78 Å². The number of hydrogen-bond donors (Lipinski definition) is 1. The summed E-state index contributed by atoms with van der Waals surface area (Å²) in [6.45, 7) is 0.631. The first-order valence-electron chi connectivity index (χ1n) is 7.83. The van der Waals surface area contributed by atoms with Crippen LogP contribution in [0.3, 0.4) is 0 Å². The van der Waals surface area contributed by atoms with Gasteiger partial charge in [0.05, 0.1) is 10.9 Å². The summed E-state index contributed by atoms with van der Waals surface area (Å²) >= 11 is 11.8. The van der Waals surface area contributed by atoms with Gasteiger partial charge in [0.1, 0.15) is 5.75 Å². The van der Waals surface area contributed by atoms with Gasteiger partial charge in [0.2, 0.25) is 0 Å². The summed E-state index contributed by atoms with van der Waals surface area (Å²) in [5.41, 5.74) is 0.631. The van der Waals surface area contributed by atoms with Crippen molar-refractivity contribution >= 4 is 29.2 Å². The molecule has 3 nitrogen and oxygen atoms in total. The molecule has 0 aromatic heterocycles. The number of carboxylic acid groups (broad SMARTS) is 1. The number of hydrogen-bond acceptors (Lipinski definition) is 2. The fourth-order valence-corrected chi connectivity index (χ4v) is 3.12. The normalized spacial score (nSPS) is 12.9. The average Bonchev–Trinajstić information content (AvgIpc) is 2.55. The third kappa shape index (κ3) is 4.86. The number of aliphatic carboxylic acids is 1. The highest BCUT2D eigenvalue weighted by Crippen LogP contribution is 2.36. The Kier molecular flexibility index (Phi) is 6.48. The lowest BCUT2D eigenvalue weighted by molar-refractivity contribution is -0.144. The molecule has 0 bridgehead atoms. The van der Waals surface area contributed by atoms with E-state index < -0.39 is 23.9 Å². The number of carboxylic acids is 1. The first-order chi connectivity index (χ1) is 12.1. The van der Waals surface area contributed by atoms with Crippen molar-refractivity contribution in [2.45, 2.75) is 32.3 Å². The molecule has 1 unspecified atom stereocenters. The first kappa shape index (κ1) is 20.5. The maximum atomic E-state index is 12.5. The van der Waals surface area contributed by atoms with E-state index in [1.165, 1.54) is 12.1 Å². The molecule has 7 heteroatoms. The lowest BCUT2D eigenvalue weighted by Gasteiger charge is -2.32. The van der Waals surface area contributed by atoms with Gasteiger partial charge < -0.3 is 9.84 Å². The fourth-order valence-electron chi connectivity index (χ4n) is 2.83. The van der Waals surface area contributed by atoms with Crippen LogP contribution in [0.1, 0.15) is 25.0 Å². The molecule has 2 rings (SSSR count). The molecular formula is C19H18Cl2F2O3. The van der Waals surface area contributed by atoms with Crippen LogP contribution in [-0.4, -0.2) is 17.7 Å². The Morgan fingerprint density at radius 2 is 1.77 bits per heavy atom. The predicted octanol–water partition coefficient (Wildman–Crippen LogP) is 5.82. The molecule has 0 aliphatic carbocycles. The molecule has 26 heavy (non-hydrogen) atoms. The Labute approximate surface area is 160 Å². The molecule has 1 atom stereocenters. The third-order valence-electron chi connectivity index (χ3n) is 4.41. The zero-order valence-corrected chi connectivity index (χ0v) is 15.7. The summed E-state index contributed by atoms with van der Waals surface area (Å²) < 4.78 is 29.3. The van der Waals surface area contributed by atoms with Gasteiger partial charge >= 0.3 is 12.6 Å². The zero-order valence-electron chi connectivity index (χ0n) is 14.2. The minimum Gasteiger partial charge on any atom is -0.481 e. The van der Waals surface area contributed by atoms with E-state index in [2.05, 4.69) is 4.74 Å². The van der Waals surface area contributed by atoms with Crippen molar-refractivity contribution in [1.29, 1.82) is 0 Å². The largest absolute Gasteiger partial charge is 0.481 e. The highest BCUT2D eigenvalue weighted by Gasteiger charge is 2.36. The Morgan fingerprint density at radius 3 is 2.31 bits per heavy atom. The highest BCUT2D eigenvalue weighted by molar-refractivity contribution is 6.32. The van der Waals surface area contributed by atoms with Crippen molar-refractivity contribution in [2.75, 3.05) is 0 Å². The minimum absolute atomic E-state index is 0.0397. The van der Waals surface area contributed by atoms with Crippen LogP contribution in [0.25, 0.3) is 0 Å². The SMILES string of the molecule is CC(C)(c1ccc(Cl)cc1)C(Cc1ccc(Cl)c(OC(F)F)c1)C(=O)O. The van der Waals surface area contributed by atoms with Crippen LogP contribution in [0.2, 0.25) is 10.0 Å². The molecule has 140 valence electrons. The zero-order chi connectivity index (χ0) is 19.5. The van der Waals surface area contributed by atoms with E-state index >= 15 is 0 Å². The van der Waals surface area contributed by atoms with Gasteiger partial charge in [0.15, 0.2) is 0 Å². The molecule has 0 aliphatic heterocycles. The molecule has 1 N–H and O–H groups in total. The third-order valence-corrected chi connectivity index (χ3v) is 4.97. The standard InChI is InChI=1S/C19H18Cl2F2O3/c1-19(2,12-4-6-13(20)7-5-12)14(17(24)25)9-11-3-8-15(21)16(10-11)26-18(22)23/h3-8,10,14,18H,9H2,1-2H3,(H,24,25). The Morgan fingerprint density at radius 1 is 1.15 bits per heavy atom. The van der Waals surface area contributed by atoms with Gasteiger partial charge in [0.25, 0.3) is 0 Å². The summed E-state index contributed by atoms with van der Waals surface area (Å²) in [6, 6.07) is 11.3. The van der Waals surface area contributed by atoms with Crippen molar-refractivity contribution in [3.8, 4) is 5.75 Å². The summed E-state index contributed by atoms with van der Waals surface area (Å²) in [5.74, 6) is -1.96. The van der Waals surface area contributed by atoms with Crippen molar-refractivity contribution in [2.24, 2.45) is 5.92 Å². The maximum Gasteiger partial charge on any atom is 0.387 e. The van der Waals surface area contributed by atoms with E-state index in [4.69, 9.17) is 23.2 Å². The van der Waals surface area contributed by atoms with Gasteiger partial charge in [-0.05, 0) is 41.8 Å². The Bertz CT molecular complexity index is 777. The molecule has 0 saturated carbocycles. The lowest BCUT2D eigenvalue weighted by Crippen LogP contribution is -2.36. The second kappa shape index (κ2) is 8.23. The van der Waals surface area contributed by atoms with Crippen LogP contribution in [0.5, 0.6) is 5.75 Å². The Balaban J connectivity index is 2.33. The van der Waals surface area contributed by atoms with Gasteiger partial charge in [-0.3, -0.25) is 4.79 Å². The number of carbonyl (C=O) groups is 1. The number of rotatable bonds is 7. The molecule has 0 heterocycles. The van der Waals surface area contributed by atoms with E-state index in [1.54, 1.807) is 30.3 Å². The molecule has 0 aliphatic rings. The minimum atomic E-state index is -3.01. The van der Waals surface area contributed by atoms with Crippen LogP contribution >= 0.6 is 23.2 Å². The molecule has 2 aromatic carbocycles. The summed E-state index contributed by atoms with van der Waals surface area (Å²) in [5, 5.41) is 10.4. The topological polar surface area (TPSA) is 46.5 Å². The number of benzene rings is 2. The summed E-state index contributed by atoms with van der Waals surface area (Å²) in [4.78, 5) is 11.9. The molecule has 0 radical (unpaired) electrons. The van der Waals surface area contributed by atoms with E-state index in [1.807, 2.05) is 13.8 Å². The van der Waals surface area contributed by atoms with E-state index in [-0.39, 0.29) is 17.2 Å². The molecule has 0 amide bonds. The van der Waals surface area contributed by atoms with Crippen molar-refractivity contribution in [1.82, 2.24) is 0 Å². The van der Waals surface area contributed by atoms with Gasteiger partial charge in [-0.25, -0.2) is 0 Å². The van der Waals surface area contributed by atoms with Gasteiger partial charge in [-0.15, -0.1) is 0 Å². The van der Waals surface area contributed by atoms with Crippen molar-refractivity contribution < 1.29 is 23.4 Å². The summed E-state index contributed by atoms with van der Waals surface area (Å²) in [7, 11) is 0. The molecular weight excluding hydrogens is 385 g/mol. The van der Waals surface area contributed by atoms with Crippen molar-refractivity contribution in [3.05, 3.63) is 63.6 Å². The molecule has 0 fully saturated rings. The Hall–Kier alpha value is -1.85. The molecule has 2 aromatic rings. The first-order valence-corrected chi connectivity index (χ1v) is 8.59. The van der Waals surface area contributed by atoms with E-state index in [0.717, 1.165) is 5.56 Å². The monoisotopic (exact) mass is 402 g/mol. The second-order valence-corrected chi connectivity index (χ2v) is 7.31.